The molecule has 2 atom stereocenters. The zero-order chi connectivity index (χ0) is 18.0. The highest BCUT2D eigenvalue weighted by atomic mass is 19.4. The van der Waals surface area contributed by atoms with E-state index in [1.165, 1.54) is 13.2 Å². The van der Waals surface area contributed by atoms with E-state index < -0.39 is 17.8 Å². The molecule has 1 aromatic carbocycles. The molecular weight excluding hydrogens is 335 g/mol. The van der Waals surface area contributed by atoms with Gasteiger partial charge in [0.25, 0.3) is 0 Å². The number of β-amino-alcohol motifs (C(OH)–C–C–N with tert-alkyl or cyclic N) is 1. The summed E-state index contributed by atoms with van der Waals surface area (Å²) < 4.78 is 43.8. The molecule has 0 bridgehead atoms. The first kappa shape index (κ1) is 17.6. The van der Waals surface area contributed by atoms with Gasteiger partial charge in [0.2, 0.25) is 5.88 Å². The highest BCUT2D eigenvalue weighted by Gasteiger charge is 2.35. The van der Waals surface area contributed by atoms with Crippen molar-refractivity contribution in [3.05, 3.63) is 53.2 Å². The van der Waals surface area contributed by atoms with Crippen molar-refractivity contribution in [2.75, 3.05) is 13.7 Å². The van der Waals surface area contributed by atoms with E-state index in [-0.39, 0.29) is 6.04 Å². The smallest absolute Gasteiger partial charge is 0.416 e. The molecule has 1 aliphatic rings. The summed E-state index contributed by atoms with van der Waals surface area (Å²) in [4.78, 5) is 1.91. The summed E-state index contributed by atoms with van der Waals surface area (Å²) in [6.07, 6.45) is -4.60. The molecule has 8 heteroatoms. The zero-order valence-corrected chi connectivity index (χ0v) is 13.6. The van der Waals surface area contributed by atoms with E-state index in [2.05, 4.69) is 10.2 Å². The van der Waals surface area contributed by atoms with Crippen molar-refractivity contribution < 1.29 is 23.0 Å². The number of ether oxygens (including phenoxy) is 1. The van der Waals surface area contributed by atoms with Crippen LogP contribution < -0.4 is 4.74 Å². The van der Waals surface area contributed by atoms with Crippen LogP contribution in [0.25, 0.3) is 0 Å². The molecule has 0 radical (unpaired) electrons. The van der Waals surface area contributed by atoms with Gasteiger partial charge in [0.05, 0.1) is 24.5 Å². The van der Waals surface area contributed by atoms with Crippen molar-refractivity contribution in [2.24, 2.45) is 0 Å². The number of benzene rings is 1. The lowest BCUT2D eigenvalue weighted by atomic mass is 10.0. The van der Waals surface area contributed by atoms with E-state index >= 15 is 0 Å². The Balaban J connectivity index is 1.81. The predicted molar refractivity (Wildman–Crippen MR) is 83.8 cm³/mol. The molecule has 134 valence electrons. The van der Waals surface area contributed by atoms with Crippen LogP contribution in [0.4, 0.5) is 13.2 Å². The first-order valence-electron chi connectivity index (χ1n) is 7.82. The second kappa shape index (κ2) is 6.97. The quantitative estimate of drug-likeness (QED) is 0.916. The number of aliphatic hydroxyl groups excluding tert-OH is 1. The normalized spacial score (nSPS) is 21.5. The molecule has 0 aliphatic carbocycles. The lowest BCUT2D eigenvalue weighted by Crippen LogP contribution is -2.25. The molecule has 0 unspecified atom stereocenters. The Hall–Kier alpha value is -2.19. The average molecular weight is 353 g/mol. The van der Waals surface area contributed by atoms with Crippen LogP contribution in [0.15, 0.2) is 36.4 Å². The Morgan fingerprint density at radius 3 is 2.68 bits per heavy atom. The van der Waals surface area contributed by atoms with Crippen LogP contribution in [0.5, 0.6) is 5.88 Å². The molecule has 1 fully saturated rings. The van der Waals surface area contributed by atoms with E-state index in [4.69, 9.17) is 4.74 Å². The van der Waals surface area contributed by atoms with E-state index in [0.29, 0.717) is 36.6 Å². The summed E-state index contributed by atoms with van der Waals surface area (Å²) in [5.41, 5.74) is 0.510. The first-order chi connectivity index (χ1) is 11.9. The average Bonchev–Trinajstić information content (AvgIpc) is 2.95. The van der Waals surface area contributed by atoms with Gasteiger partial charge in [-0.2, -0.15) is 18.3 Å². The minimum Gasteiger partial charge on any atom is -0.480 e. The van der Waals surface area contributed by atoms with Crippen LogP contribution >= 0.6 is 0 Å². The molecule has 2 aromatic rings. The Kier molecular flexibility index (Phi) is 4.91. The predicted octanol–water partition coefficient (Wildman–Crippen LogP) is 2.81. The molecule has 25 heavy (non-hydrogen) atoms. The fraction of sp³-hybridized carbons (Fsp3) is 0.412. The standard InChI is InChI=1S/C17H18F3N3O2/c1-25-16-6-5-13(21-22-16)9-23-10-14(24)8-15(23)11-3-2-4-12(7-11)17(18,19)20/h2-7,14-15,24H,8-10H2,1H3/t14-,15+/m0/s1. The van der Waals surface area contributed by atoms with Crippen LogP contribution in [0.1, 0.15) is 29.3 Å². The number of hydrogen-bond donors (Lipinski definition) is 1. The van der Waals surface area contributed by atoms with Gasteiger partial charge in [0, 0.05) is 25.2 Å². The lowest BCUT2D eigenvalue weighted by Gasteiger charge is -2.24. The fourth-order valence-corrected chi connectivity index (χ4v) is 3.07. The number of aliphatic hydroxyl groups is 1. The highest BCUT2D eigenvalue weighted by Crippen LogP contribution is 2.36. The van der Waals surface area contributed by atoms with Crippen LogP contribution in [0, 0.1) is 0 Å². The number of alkyl halides is 3. The largest absolute Gasteiger partial charge is 0.480 e. The Labute approximate surface area is 143 Å². The summed E-state index contributed by atoms with van der Waals surface area (Å²) in [6, 6.07) is 8.37. The van der Waals surface area contributed by atoms with Crippen molar-refractivity contribution in [3.63, 3.8) is 0 Å². The van der Waals surface area contributed by atoms with Crippen LogP contribution in [0.2, 0.25) is 0 Å². The van der Waals surface area contributed by atoms with Gasteiger partial charge in [0.15, 0.2) is 0 Å². The maximum atomic E-state index is 13.0. The lowest BCUT2D eigenvalue weighted by molar-refractivity contribution is -0.137. The molecule has 0 amide bonds. The van der Waals surface area contributed by atoms with Crippen molar-refractivity contribution in [1.29, 1.82) is 0 Å². The molecule has 1 aromatic heterocycles. The summed E-state index contributed by atoms with van der Waals surface area (Å²) >= 11 is 0. The van der Waals surface area contributed by atoms with Crippen LogP contribution in [-0.2, 0) is 12.7 Å². The maximum absolute atomic E-state index is 13.0. The molecule has 2 heterocycles. The molecule has 3 rings (SSSR count). The Morgan fingerprint density at radius 1 is 1.24 bits per heavy atom. The second-order valence-corrected chi connectivity index (χ2v) is 6.03. The topological polar surface area (TPSA) is 58.5 Å². The minimum absolute atomic E-state index is 0.304. The Morgan fingerprint density at radius 2 is 2.04 bits per heavy atom. The van der Waals surface area contributed by atoms with E-state index in [0.717, 1.165) is 12.1 Å². The van der Waals surface area contributed by atoms with Gasteiger partial charge >= 0.3 is 6.18 Å². The van der Waals surface area contributed by atoms with Gasteiger partial charge in [0.1, 0.15) is 0 Å². The SMILES string of the molecule is COc1ccc(CN2C[C@@H](O)C[C@@H]2c2cccc(C(F)(F)F)c2)nn1. The van der Waals surface area contributed by atoms with Crippen LogP contribution in [-0.4, -0.2) is 40.0 Å². The monoisotopic (exact) mass is 353 g/mol. The first-order valence-corrected chi connectivity index (χ1v) is 7.82. The van der Waals surface area contributed by atoms with Gasteiger partial charge < -0.3 is 9.84 Å². The van der Waals surface area contributed by atoms with Crippen molar-refractivity contribution in [1.82, 2.24) is 15.1 Å². The number of methoxy groups -OCH3 is 1. The number of halogens is 3. The molecule has 5 nitrogen and oxygen atoms in total. The molecular formula is C17H18F3N3O2. The highest BCUT2D eigenvalue weighted by molar-refractivity contribution is 5.29. The number of hydrogen-bond acceptors (Lipinski definition) is 5. The number of rotatable bonds is 4. The van der Waals surface area contributed by atoms with E-state index in [1.807, 2.05) is 4.90 Å². The number of likely N-dealkylation sites (tertiary alicyclic amines) is 1. The molecule has 1 aliphatic heterocycles. The summed E-state index contributed by atoms with van der Waals surface area (Å²) in [7, 11) is 1.49. The summed E-state index contributed by atoms with van der Waals surface area (Å²) in [6.45, 7) is 0.754. The third-order valence-corrected chi connectivity index (χ3v) is 4.25. The van der Waals surface area contributed by atoms with Gasteiger partial charge in [-0.15, -0.1) is 5.10 Å². The summed E-state index contributed by atoms with van der Waals surface area (Å²) in [5, 5.41) is 17.9. The number of aromatic nitrogens is 2. The molecule has 1 saturated heterocycles. The van der Waals surface area contributed by atoms with Crippen LogP contribution in [0.3, 0.4) is 0 Å². The third kappa shape index (κ3) is 4.08. The molecule has 1 N–H and O–H groups in total. The van der Waals surface area contributed by atoms with Gasteiger partial charge in [-0.05, 0) is 30.2 Å². The zero-order valence-electron chi connectivity index (χ0n) is 13.6. The van der Waals surface area contributed by atoms with E-state index in [9.17, 15) is 18.3 Å². The maximum Gasteiger partial charge on any atom is 0.416 e. The van der Waals surface area contributed by atoms with Gasteiger partial charge in [-0.3, -0.25) is 4.90 Å². The molecule has 0 saturated carbocycles. The van der Waals surface area contributed by atoms with Crippen molar-refractivity contribution in [2.45, 2.75) is 31.3 Å². The van der Waals surface area contributed by atoms with Crippen molar-refractivity contribution >= 4 is 0 Å². The summed E-state index contributed by atoms with van der Waals surface area (Å²) in [5.74, 6) is 0.389. The molecule has 0 spiro atoms. The third-order valence-electron chi connectivity index (χ3n) is 4.25. The number of nitrogens with zero attached hydrogens (tertiary/aromatic N) is 3. The Bertz CT molecular complexity index is 722. The van der Waals surface area contributed by atoms with Gasteiger partial charge in [-0.25, -0.2) is 0 Å². The fourth-order valence-electron chi connectivity index (χ4n) is 3.07. The van der Waals surface area contributed by atoms with Gasteiger partial charge in [-0.1, -0.05) is 12.1 Å². The second-order valence-electron chi connectivity index (χ2n) is 6.03. The van der Waals surface area contributed by atoms with Crippen molar-refractivity contribution in [3.8, 4) is 5.88 Å². The minimum atomic E-state index is -4.39. The van der Waals surface area contributed by atoms with E-state index in [1.54, 1.807) is 18.2 Å².